The molecule has 9 nitrogen and oxygen atoms in total. The highest BCUT2D eigenvalue weighted by Gasteiger charge is 2.34. The highest BCUT2D eigenvalue weighted by Crippen LogP contribution is 2.28. The summed E-state index contributed by atoms with van der Waals surface area (Å²) in [6.45, 7) is 9.04. The molecule has 3 heterocycles. The van der Waals surface area contributed by atoms with E-state index in [4.69, 9.17) is 0 Å². The first-order chi connectivity index (χ1) is 18.5. The van der Waals surface area contributed by atoms with Gasteiger partial charge in [0.05, 0.1) is 5.56 Å². The predicted octanol–water partition coefficient (Wildman–Crippen LogP) is 3.53. The molecule has 0 radical (unpaired) electrons. The number of aromatic nitrogens is 2. The summed E-state index contributed by atoms with van der Waals surface area (Å²) < 4.78 is 0. The monoisotopic (exact) mass is 519 g/mol. The van der Waals surface area contributed by atoms with Gasteiger partial charge >= 0.3 is 6.03 Å². The normalized spacial score (nSPS) is 22.3. The third kappa shape index (κ3) is 6.55. The first-order valence-corrected chi connectivity index (χ1v) is 14.2. The van der Waals surface area contributed by atoms with Gasteiger partial charge in [0.25, 0.3) is 5.91 Å². The van der Waals surface area contributed by atoms with Gasteiger partial charge in [-0.05, 0) is 69.9 Å². The number of hydrogen-bond acceptors (Lipinski definition) is 6. The standard InChI is InChI=1S/C29H41N7O2/c1-21-19-35(28-32-17-25(18-33-28)27(37)31-16-24-8-9-24)20-22(2)36(21)29(38)30-13-10-23-11-14-34(15-12-23)26-6-4-3-5-7-26/h3-7,17-18,21-24H,8-16,19-20H2,1-2H3,(H,30,38)(H,31,37)/t21-,22+. The predicted molar refractivity (Wildman–Crippen MR) is 149 cm³/mol. The zero-order valence-electron chi connectivity index (χ0n) is 22.7. The fraction of sp³-hybridized carbons (Fsp3) is 0.586. The number of nitrogens with one attached hydrogen (secondary N) is 2. The van der Waals surface area contributed by atoms with Crippen LogP contribution in [0.15, 0.2) is 42.7 Å². The van der Waals surface area contributed by atoms with Crippen molar-refractivity contribution in [1.29, 1.82) is 0 Å². The Morgan fingerprint density at radius 3 is 2.16 bits per heavy atom. The number of hydrogen-bond donors (Lipinski definition) is 2. The van der Waals surface area contributed by atoms with Crippen LogP contribution in [-0.2, 0) is 0 Å². The van der Waals surface area contributed by atoms with E-state index in [2.05, 4.69) is 74.6 Å². The minimum atomic E-state index is -0.117. The van der Waals surface area contributed by atoms with E-state index < -0.39 is 0 Å². The highest BCUT2D eigenvalue weighted by atomic mass is 16.2. The molecule has 2 aromatic rings. The molecular weight excluding hydrogens is 478 g/mol. The fourth-order valence-corrected chi connectivity index (χ4v) is 5.74. The lowest BCUT2D eigenvalue weighted by Gasteiger charge is -2.44. The molecule has 9 heteroatoms. The summed E-state index contributed by atoms with van der Waals surface area (Å²) in [6.07, 6.45) is 8.95. The number of carbonyl (C=O) groups excluding carboxylic acids is 2. The van der Waals surface area contributed by atoms with Crippen molar-refractivity contribution in [3.8, 4) is 0 Å². The van der Waals surface area contributed by atoms with Crippen LogP contribution in [0.2, 0.25) is 0 Å². The second-order valence-corrected chi connectivity index (χ2v) is 11.2. The zero-order chi connectivity index (χ0) is 26.5. The number of piperidine rings is 1. The molecule has 3 aliphatic rings. The maximum atomic E-state index is 13.1. The third-order valence-electron chi connectivity index (χ3n) is 8.15. The van der Waals surface area contributed by atoms with Crippen LogP contribution in [0.4, 0.5) is 16.4 Å². The molecule has 2 aliphatic heterocycles. The van der Waals surface area contributed by atoms with Crippen LogP contribution >= 0.6 is 0 Å². The fourth-order valence-electron chi connectivity index (χ4n) is 5.74. The zero-order valence-corrected chi connectivity index (χ0v) is 22.7. The molecule has 1 aromatic carbocycles. The first kappa shape index (κ1) is 26.3. The molecule has 204 valence electrons. The minimum Gasteiger partial charge on any atom is -0.372 e. The van der Waals surface area contributed by atoms with Gasteiger partial charge in [-0.3, -0.25) is 4.79 Å². The minimum absolute atomic E-state index is 0.00923. The SMILES string of the molecule is C[C@@H]1CN(c2ncc(C(=O)NCC3CC3)cn2)C[C@H](C)N1C(=O)NCCC1CCN(c2ccccc2)CC1. The summed E-state index contributed by atoms with van der Waals surface area (Å²) in [6, 6.07) is 10.7. The van der Waals surface area contributed by atoms with Crippen LogP contribution in [0.3, 0.4) is 0 Å². The van der Waals surface area contributed by atoms with Gasteiger partial charge in [0.1, 0.15) is 0 Å². The molecule has 2 N–H and O–H groups in total. The lowest BCUT2D eigenvalue weighted by molar-refractivity contribution is 0.0950. The van der Waals surface area contributed by atoms with Crippen molar-refractivity contribution in [3.05, 3.63) is 48.3 Å². The number of carbonyl (C=O) groups is 2. The van der Waals surface area contributed by atoms with E-state index in [9.17, 15) is 9.59 Å². The summed E-state index contributed by atoms with van der Waals surface area (Å²) in [5, 5.41) is 6.13. The van der Waals surface area contributed by atoms with Crippen LogP contribution in [0.1, 0.15) is 56.3 Å². The quantitative estimate of drug-likeness (QED) is 0.554. The Balaban J connectivity index is 1.05. The maximum Gasteiger partial charge on any atom is 0.318 e. The number of rotatable bonds is 8. The molecule has 2 atom stereocenters. The van der Waals surface area contributed by atoms with Gasteiger partial charge in [0.2, 0.25) is 5.95 Å². The van der Waals surface area contributed by atoms with Crippen molar-refractivity contribution in [2.75, 3.05) is 49.1 Å². The molecule has 3 amide bonds. The Morgan fingerprint density at radius 2 is 1.53 bits per heavy atom. The summed E-state index contributed by atoms with van der Waals surface area (Å²) in [7, 11) is 0. The first-order valence-electron chi connectivity index (χ1n) is 14.2. The molecule has 5 rings (SSSR count). The topological polar surface area (TPSA) is 93.7 Å². The Bertz CT molecular complexity index is 1060. The lowest BCUT2D eigenvalue weighted by Crippen LogP contribution is -2.61. The second kappa shape index (κ2) is 12.0. The number of urea groups is 1. The number of amides is 3. The van der Waals surface area contributed by atoms with E-state index in [0.717, 1.165) is 38.9 Å². The second-order valence-electron chi connectivity index (χ2n) is 11.2. The summed E-state index contributed by atoms with van der Waals surface area (Å²) in [5.41, 5.74) is 1.79. The van der Waals surface area contributed by atoms with E-state index in [1.165, 1.54) is 18.5 Å². The van der Waals surface area contributed by atoms with Crippen LogP contribution in [0.5, 0.6) is 0 Å². The molecule has 1 aliphatic carbocycles. The summed E-state index contributed by atoms with van der Waals surface area (Å²) in [5.74, 6) is 1.77. The molecule has 0 bridgehead atoms. The molecule has 1 aromatic heterocycles. The third-order valence-corrected chi connectivity index (χ3v) is 8.15. The average molecular weight is 520 g/mol. The van der Waals surface area contributed by atoms with Crippen LogP contribution in [-0.4, -0.2) is 78.2 Å². The molecule has 38 heavy (non-hydrogen) atoms. The number of piperazine rings is 1. The van der Waals surface area contributed by atoms with Gasteiger partial charge in [-0.2, -0.15) is 0 Å². The van der Waals surface area contributed by atoms with Gasteiger partial charge in [-0.15, -0.1) is 0 Å². The summed E-state index contributed by atoms with van der Waals surface area (Å²) in [4.78, 5) is 40.8. The Hall–Kier alpha value is -3.36. The molecule has 1 saturated carbocycles. The molecule has 0 spiro atoms. The number of benzene rings is 1. The Labute approximate surface area is 226 Å². The van der Waals surface area contributed by atoms with Crippen LogP contribution < -0.4 is 20.4 Å². The van der Waals surface area contributed by atoms with E-state index in [0.29, 0.717) is 43.0 Å². The maximum absolute atomic E-state index is 13.1. The van der Waals surface area contributed by atoms with Crippen molar-refractivity contribution in [2.45, 2.75) is 58.0 Å². The molecule has 3 fully saturated rings. The van der Waals surface area contributed by atoms with Crippen molar-refractivity contribution < 1.29 is 9.59 Å². The largest absolute Gasteiger partial charge is 0.372 e. The van der Waals surface area contributed by atoms with Crippen molar-refractivity contribution in [2.24, 2.45) is 11.8 Å². The number of para-hydroxylation sites is 1. The van der Waals surface area contributed by atoms with Gasteiger partial charge in [-0.1, -0.05) is 18.2 Å². The summed E-state index contributed by atoms with van der Waals surface area (Å²) >= 11 is 0. The van der Waals surface area contributed by atoms with Gasteiger partial charge in [0.15, 0.2) is 0 Å². The molecule has 0 unspecified atom stereocenters. The van der Waals surface area contributed by atoms with Crippen molar-refractivity contribution in [1.82, 2.24) is 25.5 Å². The highest BCUT2D eigenvalue weighted by molar-refractivity contribution is 5.93. The van der Waals surface area contributed by atoms with Gasteiger partial charge < -0.3 is 25.3 Å². The Morgan fingerprint density at radius 1 is 0.868 bits per heavy atom. The van der Waals surface area contributed by atoms with Crippen LogP contribution in [0.25, 0.3) is 0 Å². The number of nitrogens with zero attached hydrogens (tertiary/aromatic N) is 5. The van der Waals surface area contributed by atoms with Crippen LogP contribution in [0, 0.1) is 11.8 Å². The van der Waals surface area contributed by atoms with E-state index >= 15 is 0 Å². The van der Waals surface area contributed by atoms with Crippen molar-refractivity contribution >= 4 is 23.6 Å². The van der Waals surface area contributed by atoms with E-state index in [-0.39, 0.29) is 24.0 Å². The smallest absolute Gasteiger partial charge is 0.318 e. The van der Waals surface area contributed by atoms with E-state index in [1.807, 2.05) is 4.90 Å². The van der Waals surface area contributed by atoms with Gasteiger partial charge in [-0.25, -0.2) is 14.8 Å². The lowest BCUT2D eigenvalue weighted by atomic mass is 9.93. The van der Waals surface area contributed by atoms with E-state index in [1.54, 1.807) is 12.4 Å². The molecular formula is C29H41N7O2. The number of anilines is 2. The average Bonchev–Trinajstić information content (AvgIpc) is 3.77. The van der Waals surface area contributed by atoms with Gasteiger partial charge in [0, 0.05) is 69.4 Å². The Kier molecular flexibility index (Phi) is 8.29. The van der Waals surface area contributed by atoms with Crippen molar-refractivity contribution in [3.63, 3.8) is 0 Å². The molecule has 2 saturated heterocycles.